The molecule has 1 heterocycles. The highest BCUT2D eigenvalue weighted by Gasteiger charge is 2.19. The van der Waals surface area contributed by atoms with Crippen LogP contribution >= 0.6 is 0 Å². The molecule has 1 aliphatic rings. The van der Waals surface area contributed by atoms with Crippen LogP contribution in [0.3, 0.4) is 0 Å². The van der Waals surface area contributed by atoms with Crippen molar-refractivity contribution in [3.63, 3.8) is 0 Å². The molecule has 0 radical (unpaired) electrons. The van der Waals surface area contributed by atoms with Gasteiger partial charge in [-0.25, -0.2) is 0 Å². The Balaban J connectivity index is 2.23. The van der Waals surface area contributed by atoms with E-state index in [0.717, 1.165) is 17.9 Å². The van der Waals surface area contributed by atoms with Crippen LogP contribution in [-0.2, 0) is 9.47 Å². The smallest absolute Gasteiger partial charge is 0.160 e. The van der Waals surface area contributed by atoms with Gasteiger partial charge in [0.2, 0.25) is 0 Å². The summed E-state index contributed by atoms with van der Waals surface area (Å²) in [7, 11) is 0. The van der Waals surface area contributed by atoms with Gasteiger partial charge >= 0.3 is 0 Å². The van der Waals surface area contributed by atoms with Crippen molar-refractivity contribution < 1.29 is 9.47 Å². The predicted octanol–water partition coefficient (Wildman–Crippen LogP) is 4.18. The second-order valence-electron chi connectivity index (χ2n) is 4.38. The van der Waals surface area contributed by atoms with E-state index in [4.69, 9.17) is 9.47 Å². The van der Waals surface area contributed by atoms with Gasteiger partial charge in [-0.1, -0.05) is 43.0 Å². The molecule has 0 aromatic heterocycles. The molecule has 19 heavy (non-hydrogen) atoms. The van der Waals surface area contributed by atoms with Crippen molar-refractivity contribution in [3.05, 3.63) is 72.2 Å². The first kappa shape index (κ1) is 13.5. The van der Waals surface area contributed by atoms with Gasteiger partial charge in [0.1, 0.15) is 0 Å². The molecular weight excluding hydrogens is 236 g/mol. The summed E-state index contributed by atoms with van der Waals surface area (Å²) < 4.78 is 11.3. The molecule has 1 aliphatic heterocycles. The first-order valence-electron chi connectivity index (χ1n) is 6.70. The summed E-state index contributed by atoms with van der Waals surface area (Å²) in [5.74, 6) is 1.97. The highest BCUT2D eigenvalue weighted by atomic mass is 16.5. The van der Waals surface area contributed by atoms with Crippen LogP contribution in [0.5, 0.6) is 0 Å². The summed E-state index contributed by atoms with van der Waals surface area (Å²) in [6.07, 6.45) is 6.72. The Labute approximate surface area is 115 Å². The van der Waals surface area contributed by atoms with Crippen LogP contribution in [0.25, 0.3) is 0 Å². The maximum atomic E-state index is 5.72. The van der Waals surface area contributed by atoms with Crippen molar-refractivity contribution in [1.82, 2.24) is 0 Å². The molecular formula is C17H20O2. The van der Waals surface area contributed by atoms with Gasteiger partial charge in [0.25, 0.3) is 0 Å². The monoisotopic (exact) mass is 256 g/mol. The maximum Gasteiger partial charge on any atom is 0.160 e. The van der Waals surface area contributed by atoms with Crippen molar-refractivity contribution in [2.75, 3.05) is 13.2 Å². The summed E-state index contributed by atoms with van der Waals surface area (Å²) in [5, 5.41) is 0. The quantitative estimate of drug-likeness (QED) is 0.581. The molecule has 1 atom stereocenters. The number of hydrogen-bond acceptors (Lipinski definition) is 2. The zero-order valence-electron chi connectivity index (χ0n) is 11.3. The Bertz CT molecular complexity index is 471. The average Bonchev–Trinajstić information content (AvgIpc) is 2.48. The standard InChI is InChI=1S/C17H20O2/c1-3-8-16(18-4-2)17-13-15(11-12-19-17)14-9-6-5-7-10-14/h3,5-10,13,15H,1,4,11-12H2,2H3/b16-8+. The van der Waals surface area contributed by atoms with Gasteiger partial charge in [0.15, 0.2) is 11.5 Å². The fraction of sp³-hybridized carbons (Fsp3) is 0.294. The van der Waals surface area contributed by atoms with E-state index in [-0.39, 0.29) is 0 Å². The van der Waals surface area contributed by atoms with Crippen LogP contribution in [0.4, 0.5) is 0 Å². The highest BCUT2D eigenvalue weighted by Crippen LogP contribution is 2.30. The summed E-state index contributed by atoms with van der Waals surface area (Å²) in [6.45, 7) is 7.02. The van der Waals surface area contributed by atoms with Crippen molar-refractivity contribution >= 4 is 0 Å². The van der Waals surface area contributed by atoms with E-state index >= 15 is 0 Å². The lowest BCUT2D eigenvalue weighted by Gasteiger charge is -2.23. The Hall–Kier alpha value is -1.96. The maximum absolute atomic E-state index is 5.72. The second-order valence-corrected chi connectivity index (χ2v) is 4.38. The van der Waals surface area contributed by atoms with E-state index in [0.29, 0.717) is 19.1 Å². The minimum Gasteiger partial charge on any atom is -0.490 e. The molecule has 1 aromatic rings. The molecule has 0 fully saturated rings. The molecule has 0 aliphatic carbocycles. The van der Waals surface area contributed by atoms with Gasteiger partial charge in [-0.2, -0.15) is 0 Å². The lowest BCUT2D eigenvalue weighted by molar-refractivity contribution is 0.142. The molecule has 2 rings (SSSR count). The van der Waals surface area contributed by atoms with Gasteiger partial charge < -0.3 is 9.47 Å². The van der Waals surface area contributed by atoms with Gasteiger partial charge in [-0.3, -0.25) is 0 Å². The molecule has 2 heteroatoms. The summed E-state index contributed by atoms with van der Waals surface area (Å²) in [6, 6.07) is 10.5. The summed E-state index contributed by atoms with van der Waals surface area (Å²) in [4.78, 5) is 0. The SMILES string of the molecule is C=C/C=C(/OCC)C1=CC(c2ccccc2)CCO1. The number of benzene rings is 1. The van der Waals surface area contributed by atoms with Crippen LogP contribution in [0.15, 0.2) is 66.7 Å². The van der Waals surface area contributed by atoms with Gasteiger partial charge in [0.05, 0.1) is 13.2 Å². The largest absolute Gasteiger partial charge is 0.490 e. The lowest BCUT2D eigenvalue weighted by atomic mass is 9.93. The molecule has 0 saturated heterocycles. The van der Waals surface area contributed by atoms with Crippen LogP contribution < -0.4 is 0 Å². The molecule has 0 N–H and O–H groups in total. The molecule has 2 nitrogen and oxygen atoms in total. The molecule has 100 valence electrons. The topological polar surface area (TPSA) is 18.5 Å². The zero-order chi connectivity index (χ0) is 13.5. The first-order valence-corrected chi connectivity index (χ1v) is 6.70. The number of rotatable bonds is 5. The fourth-order valence-corrected chi connectivity index (χ4v) is 2.19. The lowest BCUT2D eigenvalue weighted by Crippen LogP contribution is -2.12. The van der Waals surface area contributed by atoms with Crippen molar-refractivity contribution in [2.24, 2.45) is 0 Å². The molecule has 0 spiro atoms. The Morgan fingerprint density at radius 3 is 2.89 bits per heavy atom. The summed E-state index contributed by atoms with van der Waals surface area (Å²) in [5.41, 5.74) is 1.32. The second kappa shape index (κ2) is 6.83. The molecule has 1 unspecified atom stereocenters. The fourth-order valence-electron chi connectivity index (χ4n) is 2.19. The van der Waals surface area contributed by atoms with Gasteiger partial charge in [0, 0.05) is 5.92 Å². The van der Waals surface area contributed by atoms with E-state index in [9.17, 15) is 0 Å². The number of allylic oxidation sites excluding steroid dienone is 3. The molecule has 0 bridgehead atoms. The Kier molecular flexibility index (Phi) is 4.85. The van der Waals surface area contributed by atoms with E-state index in [2.05, 4.69) is 36.9 Å². The van der Waals surface area contributed by atoms with Crippen LogP contribution in [0, 0.1) is 0 Å². The molecule has 1 aromatic carbocycles. The molecule has 0 saturated carbocycles. The van der Waals surface area contributed by atoms with E-state index in [1.54, 1.807) is 6.08 Å². The van der Waals surface area contributed by atoms with Crippen molar-refractivity contribution in [2.45, 2.75) is 19.3 Å². The third kappa shape index (κ3) is 3.50. The van der Waals surface area contributed by atoms with E-state index in [1.165, 1.54) is 5.56 Å². The Morgan fingerprint density at radius 1 is 1.42 bits per heavy atom. The third-order valence-electron chi connectivity index (χ3n) is 3.08. The van der Waals surface area contributed by atoms with E-state index in [1.807, 2.05) is 19.1 Å². The summed E-state index contributed by atoms with van der Waals surface area (Å²) >= 11 is 0. The predicted molar refractivity (Wildman–Crippen MR) is 77.7 cm³/mol. The average molecular weight is 256 g/mol. The van der Waals surface area contributed by atoms with E-state index < -0.39 is 0 Å². The van der Waals surface area contributed by atoms with Crippen molar-refractivity contribution in [3.8, 4) is 0 Å². The minimum absolute atomic E-state index is 0.388. The zero-order valence-corrected chi connectivity index (χ0v) is 11.3. The highest BCUT2D eigenvalue weighted by molar-refractivity contribution is 5.32. The normalized spacial score (nSPS) is 19.3. The molecule has 0 amide bonds. The van der Waals surface area contributed by atoms with Crippen LogP contribution in [0.2, 0.25) is 0 Å². The minimum atomic E-state index is 0.388. The first-order chi connectivity index (χ1) is 9.35. The Morgan fingerprint density at radius 2 is 2.21 bits per heavy atom. The van der Waals surface area contributed by atoms with Crippen molar-refractivity contribution in [1.29, 1.82) is 0 Å². The van der Waals surface area contributed by atoms with Gasteiger partial charge in [-0.05, 0) is 31.1 Å². The van der Waals surface area contributed by atoms with Crippen LogP contribution in [-0.4, -0.2) is 13.2 Å². The number of ether oxygens (including phenoxy) is 2. The van der Waals surface area contributed by atoms with Crippen LogP contribution in [0.1, 0.15) is 24.8 Å². The van der Waals surface area contributed by atoms with Gasteiger partial charge in [-0.15, -0.1) is 0 Å². The third-order valence-corrected chi connectivity index (χ3v) is 3.08. The number of hydrogen-bond donors (Lipinski definition) is 0.